The third-order valence-electron chi connectivity index (χ3n) is 7.02. The molecule has 0 N–H and O–H groups in total. The van der Waals surface area contributed by atoms with Gasteiger partial charge in [0.15, 0.2) is 0 Å². The number of ether oxygens (including phenoxy) is 2. The largest absolute Gasteiger partial charge is 0.445 e. The van der Waals surface area contributed by atoms with Crippen molar-refractivity contribution >= 4 is 11.8 Å². The SMILES string of the molecule is CN(C)CCOC1CN(c2ccc3c(c2)[C@@H]2C[C@H]3CCN2C(=O)OCc2ccccc2)C1. The third kappa shape index (κ3) is 4.34. The number of likely N-dealkylation sites (tertiary alicyclic amines) is 1. The molecule has 0 radical (unpaired) electrons. The normalized spacial score (nSPS) is 22.1. The van der Waals surface area contributed by atoms with E-state index in [-0.39, 0.29) is 12.1 Å². The van der Waals surface area contributed by atoms with E-state index in [0.717, 1.165) is 51.2 Å². The molecule has 2 aromatic rings. The van der Waals surface area contributed by atoms with Crippen LogP contribution in [0.3, 0.4) is 0 Å². The fourth-order valence-electron chi connectivity index (χ4n) is 5.14. The van der Waals surface area contributed by atoms with Gasteiger partial charge in [0.2, 0.25) is 0 Å². The number of rotatable bonds is 7. The van der Waals surface area contributed by atoms with Crippen LogP contribution < -0.4 is 4.90 Å². The molecule has 6 heteroatoms. The Labute approximate surface area is 190 Å². The molecule has 6 nitrogen and oxygen atoms in total. The van der Waals surface area contributed by atoms with E-state index in [0.29, 0.717) is 18.6 Å². The molecular weight excluding hydrogens is 402 g/mol. The second kappa shape index (κ2) is 9.12. The summed E-state index contributed by atoms with van der Waals surface area (Å²) < 4.78 is 11.6. The van der Waals surface area contributed by atoms with Gasteiger partial charge in [-0.05, 0) is 61.7 Å². The van der Waals surface area contributed by atoms with E-state index in [2.05, 4.69) is 42.1 Å². The summed E-state index contributed by atoms with van der Waals surface area (Å²) in [5.41, 5.74) is 4.97. The fourth-order valence-corrected chi connectivity index (χ4v) is 5.14. The van der Waals surface area contributed by atoms with Crippen LogP contribution in [0.25, 0.3) is 0 Å². The number of carbonyl (C=O) groups is 1. The zero-order valence-electron chi connectivity index (χ0n) is 19.1. The summed E-state index contributed by atoms with van der Waals surface area (Å²) in [4.78, 5) is 19.4. The second-order valence-electron chi connectivity index (χ2n) is 9.48. The van der Waals surface area contributed by atoms with Crippen molar-refractivity contribution in [2.45, 2.75) is 37.5 Å². The minimum atomic E-state index is -0.200. The van der Waals surface area contributed by atoms with Crippen LogP contribution in [0.5, 0.6) is 0 Å². The molecule has 0 unspecified atom stereocenters. The van der Waals surface area contributed by atoms with Gasteiger partial charge in [0.25, 0.3) is 0 Å². The minimum absolute atomic E-state index is 0.125. The number of benzene rings is 2. The van der Waals surface area contributed by atoms with Crippen LogP contribution in [0.4, 0.5) is 10.5 Å². The molecule has 0 saturated carbocycles. The average Bonchev–Trinajstić information content (AvgIpc) is 3.05. The van der Waals surface area contributed by atoms with Crippen molar-refractivity contribution < 1.29 is 14.3 Å². The molecule has 3 aliphatic rings. The molecule has 2 atom stereocenters. The Morgan fingerprint density at radius 1 is 1.09 bits per heavy atom. The lowest BCUT2D eigenvalue weighted by Gasteiger charge is -2.41. The Kier molecular flexibility index (Phi) is 6.07. The summed E-state index contributed by atoms with van der Waals surface area (Å²) in [6, 6.07) is 16.8. The van der Waals surface area contributed by atoms with Gasteiger partial charge in [0.1, 0.15) is 6.61 Å². The molecule has 5 rings (SSSR count). The van der Waals surface area contributed by atoms with Gasteiger partial charge in [0.05, 0.1) is 18.8 Å². The summed E-state index contributed by atoms with van der Waals surface area (Å²) in [6.45, 7) is 4.68. The van der Waals surface area contributed by atoms with E-state index >= 15 is 0 Å². The van der Waals surface area contributed by atoms with Gasteiger partial charge in [0, 0.05) is 31.9 Å². The lowest BCUT2D eigenvalue weighted by Crippen LogP contribution is -2.52. The Bertz CT molecular complexity index is 943. The first-order valence-electron chi connectivity index (χ1n) is 11.7. The van der Waals surface area contributed by atoms with Gasteiger partial charge in [-0.15, -0.1) is 0 Å². The highest BCUT2D eigenvalue weighted by molar-refractivity contribution is 5.70. The molecule has 1 amide bonds. The molecule has 2 saturated heterocycles. The van der Waals surface area contributed by atoms with Crippen LogP contribution in [0.1, 0.15) is 41.5 Å². The van der Waals surface area contributed by atoms with Gasteiger partial charge < -0.3 is 24.2 Å². The average molecular weight is 436 g/mol. The lowest BCUT2D eigenvalue weighted by atomic mass is 9.95. The summed E-state index contributed by atoms with van der Waals surface area (Å²) >= 11 is 0. The monoisotopic (exact) mass is 435 g/mol. The number of likely N-dealkylation sites (N-methyl/N-ethyl adjacent to an activating group) is 1. The Morgan fingerprint density at radius 3 is 2.69 bits per heavy atom. The van der Waals surface area contributed by atoms with Gasteiger partial charge in [-0.3, -0.25) is 0 Å². The van der Waals surface area contributed by atoms with Gasteiger partial charge in [-0.2, -0.15) is 0 Å². The number of carbonyl (C=O) groups excluding carboxylic acids is 1. The summed E-state index contributed by atoms with van der Waals surface area (Å²) in [6.07, 6.45) is 2.13. The smallest absolute Gasteiger partial charge is 0.410 e. The standard InChI is InChI=1S/C26H33N3O3/c1-27(2)12-13-31-22-16-28(17-22)21-8-9-23-20-10-11-29(25(14-20)24(23)15-21)26(30)32-18-19-6-4-3-5-7-19/h3-9,15,20,22,25H,10-14,16-18H2,1-2H3/t20-,25+/m1/s1. The molecule has 2 aliphatic heterocycles. The number of hydrogen-bond donors (Lipinski definition) is 0. The van der Waals surface area contributed by atoms with E-state index in [1.54, 1.807) is 0 Å². The van der Waals surface area contributed by atoms with Crippen molar-refractivity contribution in [1.29, 1.82) is 0 Å². The summed E-state index contributed by atoms with van der Waals surface area (Å²) in [5, 5.41) is 0. The minimum Gasteiger partial charge on any atom is -0.445 e. The molecule has 32 heavy (non-hydrogen) atoms. The molecule has 0 aromatic heterocycles. The van der Waals surface area contributed by atoms with E-state index in [1.807, 2.05) is 35.2 Å². The van der Waals surface area contributed by atoms with Gasteiger partial charge in [-0.25, -0.2) is 4.79 Å². The van der Waals surface area contributed by atoms with Crippen LogP contribution >= 0.6 is 0 Å². The number of amides is 1. The predicted octanol–water partition coefficient (Wildman–Crippen LogP) is 4.02. The fraction of sp³-hybridized carbons (Fsp3) is 0.500. The molecule has 2 fully saturated rings. The van der Waals surface area contributed by atoms with Crippen molar-refractivity contribution in [3.63, 3.8) is 0 Å². The molecule has 2 heterocycles. The summed E-state index contributed by atoms with van der Waals surface area (Å²) in [7, 11) is 4.13. The van der Waals surface area contributed by atoms with Crippen molar-refractivity contribution in [2.75, 3.05) is 51.8 Å². The zero-order valence-corrected chi connectivity index (χ0v) is 19.1. The zero-order chi connectivity index (χ0) is 22.1. The van der Waals surface area contributed by atoms with Crippen LogP contribution in [0.2, 0.25) is 0 Å². The van der Waals surface area contributed by atoms with Crippen molar-refractivity contribution in [1.82, 2.24) is 9.80 Å². The van der Waals surface area contributed by atoms with E-state index in [1.165, 1.54) is 16.8 Å². The summed E-state index contributed by atoms with van der Waals surface area (Å²) in [5.74, 6) is 0.556. The number of hydrogen-bond acceptors (Lipinski definition) is 5. The van der Waals surface area contributed by atoms with E-state index < -0.39 is 0 Å². The first-order valence-corrected chi connectivity index (χ1v) is 11.7. The molecule has 1 aliphatic carbocycles. The van der Waals surface area contributed by atoms with Crippen LogP contribution in [-0.4, -0.2) is 68.9 Å². The van der Waals surface area contributed by atoms with Gasteiger partial charge in [-0.1, -0.05) is 36.4 Å². The van der Waals surface area contributed by atoms with Crippen molar-refractivity contribution in [3.05, 3.63) is 65.2 Å². The Hall–Kier alpha value is -2.57. The Balaban J connectivity index is 1.22. The predicted molar refractivity (Wildman–Crippen MR) is 125 cm³/mol. The highest BCUT2D eigenvalue weighted by Gasteiger charge is 2.42. The maximum absolute atomic E-state index is 12.9. The second-order valence-corrected chi connectivity index (χ2v) is 9.48. The number of anilines is 1. The van der Waals surface area contributed by atoms with E-state index in [9.17, 15) is 4.79 Å². The first kappa shape index (κ1) is 21.3. The number of fused-ring (bicyclic) bond motifs is 5. The van der Waals surface area contributed by atoms with Crippen LogP contribution in [0.15, 0.2) is 48.5 Å². The highest BCUT2D eigenvalue weighted by atomic mass is 16.6. The Morgan fingerprint density at radius 2 is 1.91 bits per heavy atom. The topological polar surface area (TPSA) is 45.2 Å². The number of piperidine rings is 1. The van der Waals surface area contributed by atoms with Crippen molar-refractivity contribution in [2.24, 2.45) is 0 Å². The molecule has 170 valence electrons. The maximum Gasteiger partial charge on any atom is 0.410 e. The highest BCUT2D eigenvalue weighted by Crippen LogP contribution is 2.50. The van der Waals surface area contributed by atoms with Crippen LogP contribution in [-0.2, 0) is 16.1 Å². The molecule has 2 aromatic carbocycles. The molecule has 0 spiro atoms. The lowest BCUT2D eigenvalue weighted by molar-refractivity contribution is 0.0268. The maximum atomic E-state index is 12.9. The van der Waals surface area contributed by atoms with Crippen molar-refractivity contribution in [3.8, 4) is 0 Å². The molecular formula is C26H33N3O3. The van der Waals surface area contributed by atoms with Crippen LogP contribution in [0, 0.1) is 0 Å². The van der Waals surface area contributed by atoms with Gasteiger partial charge >= 0.3 is 6.09 Å². The first-order chi connectivity index (χ1) is 15.6. The number of nitrogens with zero attached hydrogens (tertiary/aromatic N) is 3. The molecule has 2 bridgehead atoms. The van der Waals surface area contributed by atoms with E-state index in [4.69, 9.17) is 9.47 Å². The quantitative estimate of drug-likeness (QED) is 0.657. The third-order valence-corrected chi connectivity index (χ3v) is 7.02.